The third-order valence-corrected chi connectivity index (χ3v) is 2.41. The molecular formula is C11H22N2. The summed E-state index contributed by atoms with van der Waals surface area (Å²) < 4.78 is 0. The highest BCUT2D eigenvalue weighted by Crippen LogP contribution is 2.17. The molecule has 0 fully saturated rings. The molecule has 0 radical (unpaired) electrons. The number of nitrogens with two attached hydrogens (primary N) is 1. The first kappa shape index (κ1) is 12.5. The first-order valence-electron chi connectivity index (χ1n) is 5.13. The van der Waals surface area contributed by atoms with E-state index in [1.54, 1.807) is 0 Å². The van der Waals surface area contributed by atoms with Gasteiger partial charge in [-0.15, -0.1) is 6.42 Å². The molecule has 0 amide bonds. The van der Waals surface area contributed by atoms with Gasteiger partial charge < -0.3 is 5.73 Å². The lowest BCUT2D eigenvalue weighted by Gasteiger charge is -2.32. The minimum Gasteiger partial charge on any atom is -0.329 e. The molecule has 76 valence electrons. The molecular weight excluding hydrogens is 160 g/mol. The SMILES string of the molecule is C#CCNC(CN)(CCC)CCC. The van der Waals surface area contributed by atoms with E-state index >= 15 is 0 Å². The minimum atomic E-state index is 0.0792. The third kappa shape index (κ3) is 4.31. The molecule has 0 unspecified atom stereocenters. The average Bonchev–Trinajstić information content (AvgIpc) is 2.15. The maximum absolute atomic E-state index is 5.79. The molecule has 0 aliphatic heterocycles. The van der Waals surface area contributed by atoms with Crippen LogP contribution in [0.4, 0.5) is 0 Å². The van der Waals surface area contributed by atoms with Crippen LogP contribution in [0.15, 0.2) is 0 Å². The van der Waals surface area contributed by atoms with Gasteiger partial charge in [-0.25, -0.2) is 0 Å². The van der Waals surface area contributed by atoms with Gasteiger partial charge in [-0.2, -0.15) is 0 Å². The summed E-state index contributed by atoms with van der Waals surface area (Å²) in [5.41, 5.74) is 5.87. The van der Waals surface area contributed by atoms with Gasteiger partial charge in [0.15, 0.2) is 0 Å². The first-order valence-corrected chi connectivity index (χ1v) is 5.13. The quantitative estimate of drug-likeness (QED) is 0.586. The normalized spacial score (nSPS) is 11.2. The molecule has 3 N–H and O–H groups in total. The van der Waals surface area contributed by atoms with Crippen LogP contribution in [0, 0.1) is 12.3 Å². The second-order valence-electron chi connectivity index (χ2n) is 3.54. The predicted octanol–water partition coefficient (Wildman–Crippen LogP) is 1.51. The Balaban J connectivity index is 4.17. The van der Waals surface area contributed by atoms with Gasteiger partial charge in [0.25, 0.3) is 0 Å². The summed E-state index contributed by atoms with van der Waals surface area (Å²) in [5.74, 6) is 2.61. The molecule has 0 heterocycles. The van der Waals surface area contributed by atoms with Gasteiger partial charge in [0.2, 0.25) is 0 Å². The Bertz CT molecular complexity index is 152. The van der Waals surface area contributed by atoms with E-state index in [4.69, 9.17) is 12.2 Å². The Kier molecular flexibility index (Phi) is 6.66. The molecule has 0 aliphatic rings. The molecule has 13 heavy (non-hydrogen) atoms. The number of nitrogens with one attached hydrogen (secondary N) is 1. The third-order valence-electron chi connectivity index (χ3n) is 2.41. The maximum Gasteiger partial charge on any atom is 0.0578 e. The minimum absolute atomic E-state index is 0.0792. The van der Waals surface area contributed by atoms with Gasteiger partial charge in [-0.05, 0) is 12.8 Å². The lowest BCUT2D eigenvalue weighted by atomic mass is 9.88. The summed E-state index contributed by atoms with van der Waals surface area (Å²) in [6, 6.07) is 0. The van der Waals surface area contributed by atoms with Crippen molar-refractivity contribution in [3.63, 3.8) is 0 Å². The molecule has 2 nitrogen and oxygen atoms in total. The van der Waals surface area contributed by atoms with Crippen molar-refractivity contribution >= 4 is 0 Å². The van der Waals surface area contributed by atoms with Gasteiger partial charge in [0, 0.05) is 12.1 Å². The average molecular weight is 182 g/mol. The lowest BCUT2D eigenvalue weighted by Crippen LogP contribution is -2.51. The van der Waals surface area contributed by atoms with E-state index in [0.29, 0.717) is 13.1 Å². The number of terminal acetylenes is 1. The van der Waals surface area contributed by atoms with Crippen LogP contribution >= 0.6 is 0 Å². The molecule has 2 heteroatoms. The fourth-order valence-electron chi connectivity index (χ4n) is 1.77. The molecule has 0 aliphatic carbocycles. The molecule has 0 aromatic heterocycles. The van der Waals surface area contributed by atoms with Crippen molar-refractivity contribution < 1.29 is 0 Å². The van der Waals surface area contributed by atoms with Crippen molar-refractivity contribution in [2.24, 2.45) is 5.73 Å². The van der Waals surface area contributed by atoms with Gasteiger partial charge in [-0.1, -0.05) is 32.6 Å². The Morgan fingerprint density at radius 1 is 1.31 bits per heavy atom. The summed E-state index contributed by atoms with van der Waals surface area (Å²) >= 11 is 0. The van der Waals surface area contributed by atoms with E-state index in [0.717, 1.165) is 25.7 Å². The zero-order valence-electron chi connectivity index (χ0n) is 8.90. The van der Waals surface area contributed by atoms with Crippen molar-refractivity contribution in [2.45, 2.75) is 45.1 Å². The lowest BCUT2D eigenvalue weighted by molar-refractivity contribution is 0.295. The zero-order chi connectivity index (χ0) is 10.2. The molecule has 0 rings (SSSR count). The first-order chi connectivity index (χ1) is 6.24. The van der Waals surface area contributed by atoms with E-state index in [1.165, 1.54) is 0 Å². The van der Waals surface area contributed by atoms with E-state index in [-0.39, 0.29) is 5.54 Å². The number of hydrogen-bond acceptors (Lipinski definition) is 2. The van der Waals surface area contributed by atoms with E-state index in [9.17, 15) is 0 Å². The Hall–Kier alpha value is -0.520. The summed E-state index contributed by atoms with van der Waals surface area (Å²) in [6.07, 6.45) is 9.74. The standard InChI is InChI=1S/C11H22N2/c1-4-7-11(10-12,8-5-2)13-9-6-3/h3,13H,4-5,7-10,12H2,1-2H3. The highest BCUT2D eigenvalue weighted by Gasteiger charge is 2.24. The van der Waals surface area contributed by atoms with Crippen LogP contribution in [0.25, 0.3) is 0 Å². The van der Waals surface area contributed by atoms with Crippen molar-refractivity contribution in [1.82, 2.24) is 5.32 Å². The van der Waals surface area contributed by atoms with Crippen LogP contribution in [0.2, 0.25) is 0 Å². The van der Waals surface area contributed by atoms with Crippen molar-refractivity contribution in [2.75, 3.05) is 13.1 Å². The Morgan fingerprint density at radius 3 is 2.15 bits per heavy atom. The van der Waals surface area contributed by atoms with Gasteiger partial charge >= 0.3 is 0 Å². The van der Waals surface area contributed by atoms with Gasteiger partial charge in [0.05, 0.1) is 6.54 Å². The summed E-state index contributed by atoms with van der Waals surface area (Å²) in [4.78, 5) is 0. The monoisotopic (exact) mass is 182 g/mol. The Morgan fingerprint density at radius 2 is 1.85 bits per heavy atom. The maximum atomic E-state index is 5.79. The largest absolute Gasteiger partial charge is 0.329 e. The highest BCUT2D eigenvalue weighted by molar-refractivity contribution is 4.95. The van der Waals surface area contributed by atoms with E-state index in [2.05, 4.69) is 25.1 Å². The molecule has 0 bridgehead atoms. The molecule has 0 aromatic carbocycles. The zero-order valence-corrected chi connectivity index (χ0v) is 8.90. The van der Waals surface area contributed by atoms with Crippen molar-refractivity contribution in [3.05, 3.63) is 0 Å². The Labute approximate surface area is 82.3 Å². The fraction of sp³-hybridized carbons (Fsp3) is 0.818. The predicted molar refractivity (Wildman–Crippen MR) is 58.4 cm³/mol. The van der Waals surface area contributed by atoms with Crippen molar-refractivity contribution in [3.8, 4) is 12.3 Å². The number of rotatable bonds is 7. The van der Waals surface area contributed by atoms with Crippen LogP contribution in [0.3, 0.4) is 0 Å². The second-order valence-corrected chi connectivity index (χ2v) is 3.54. The van der Waals surface area contributed by atoms with E-state index < -0.39 is 0 Å². The fourth-order valence-corrected chi connectivity index (χ4v) is 1.77. The van der Waals surface area contributed by atoms with Crippen LogP contribution in [-0.4, -0.2) is 18.6 Å². The number of hydrogen-bond donors (Lipinski definition) is 2. The smallest absolute Gasteiger partial charge is 0.0578 e. The van der Waals surface area contributed by atoms with Gasteiger partial charge in [-0.3, -0.25) is 5.32 Å². The molecule has 0 spiro atoms. The van der Waals surface area contributed by atoms with Crippen LogP contribution < -0.4 is 11.1 Å². The van der Waals surface area contributed by atoms with E-state index in [1.807, 2.05) is 0 Å². The molecule has 0 saturated heterocycles. The van der Waals surface area contributed by atoms with Crippen LogP contribution in [0.5, 0.6) is 0 Å². The van der Waals surface area contributed by atoms with Crippen LogP contribution in [-0.2, 0) is 0 Å². The topological polar surface area (TPSA) is 38.0 Å². The second kappa shape index (κ2) is 6.94. The summed E-state index contributed by atoms with van der Waals surface area (Å²) in [5, 5.41) is 3.37. The van der Waals surface area contributed by atoms with Crippen molar-refractivity contribution in [1.29, 1.82) is 0 Å². The molecule has 0 atom stereocenters. The summed E-state index contributed by atoms with van der Waals surface area (Å²) in [6.45, 7) is 5.66. The van der Waals surface area contributed by atoms with Gasteiger partial charge in [0.1, 0.15) is 0 Å². The molecule has 0 aromatic rings. The molecule has 0 saturated carbocycles. The van der Waals surface area contributed by atoms with Crippen LogP contribution in [0.1, 0.15) is 39.5 Å². The highest BCUT2D eigenvalue weighted by atomic mass is 15.0. The summed E-state index contributed by atoms with van der Waals surface area (Å²) in [7, 11) is 0.